The fourth-order valence-electron chi connectivity index (χ4n) is 2.93. The first kappa shape index (κ1) is 20.0. The van der Waals surface area contributed by atoms with E-state index in [9.17, 15) is 9.59 Å². The number of carbonyl (C=O) groups excluding carboxylic acids is 2. The molecule has 7 heteroatoms. The van der Waals surface area contributed by atoms with Gasteiger partial charge in [-0.15, -0.1) is 0 Å². The number of hydrogen-bond acceptors (Lipinski definition) is 5. The first-order valence-electron chi connectivity index (χ1n) is 9.49. The van der Waals surface area contributed by atoms with Gasteiger partial charge < -0.3 is 15.4 Å². The molecule has 0 unspecified atom stereocenters. The fourth-order valence-corrected chi connectivity index (χ4v) is 2.93. The highest BCUT2D eigenvalue weighted by molar-refractivity contribution is 5.99. The third kappa shape index (κ3) is 5.87. The van der Waals surface area contributed by atoms with Crippen molar-refractivity contribution in [3.8, 4) is 0 Å². The van der Waals surface area contributed by atoms with Crippen LogP contribution in [0.15, 0.2) is 42.7 Å². The summed E-state index contributed by atoms with van der Waals surface area (Å²) in [5, 5.41) is 5.74. The van der Waals surface area contributed by atoms with Gasteiger partial charge in [0, 0.05) is 45.1 Å². The Balaban J connectivity index is 1.49. The van der Waals surface area contributed by atoms with Gasteiger partial charge in [-0.3, -0.25) is 19.5 Å². The molecule has 2 N–H and O–H groups in total. The molecule has 1 fully saturated rings. The zero-order chi connectivity index (χ0) is 19.8. The summed E-state index contributed by atoms with van der Waals surface area (Å²) in [6.07, 6.45) is 2.94. The van der Waals surface area contributed by atoms with Crippen molar-refractivity contribution in [3.63, 3.8) is 0 Å². The summed E-state index contributed by atoms with van der Waals surface area (Å²) < 4.78 is 5.31. The van der Waals surface area contributed by atoms with Crippen LogP contribution in [0.3, 0.4) is 0 Å². The van der Waals surface area contributed by atoms with Crippen molar-refractivity contribution in [1.82, 2.24) is 20.5 Å². The summed E-state index contributed by atoms with van der Waals surface area (Å²) in [5.41, 5.74) is 2.94. The Morgan fingerprint density at radius 2 is 1.68 bits per heavy atom. The Bertz CT molecular complexity index is 802. The van der Waals surface area contributed by atoms with E-state index in [4.69, 9.17) is 4.74 Å². The molecule has 2 aromatic rings. The quantitative estimate of drug-likeness (QED) is 0.756. The molecule has 0 spiro atoms. The zero-order valence-corrected chi connectivity index (χ0v) is 16.1. The SMILES string of the molecule is Cc1ccc(CNC(=O)c2cncc(C(=O)NCCN3CCOCC3)c2)cc1. The number of nitrogens with zero attached hydrogens (tertiary/aromatic N) is 2. The van der Waals surface area contributed by atoms with Crippen molar-refractivity contribution in [3.05, 3.63) is 65.0 Å². The van der Waals surface area contributed by atoms with Gasteiger partial charge in [0.25, 0.3) is 11.8 Å². The van der Waals surface area contributed by atoms with E-state index in [-0.39, 0.29) is 11.8 Å². The molecule has 1 aromatic heterocycles. The van der Waals surface area contributed by atoms with Gasteiger partial charge in [-0.1, -0.05) is 29.8 Å². The van der Waals surface area contributed by atoms with E-state index < -0.39 is 0 Å². The third-order valence-corrected chi connectivity index (χ3v) is 4.65. The lowest BCUT2D eigenvalue weighted by Gasteiger charge is -2.26. The number of pyridine rings is 1. The molecule has 1 saturated heterocycles. The molecular weight excluding hydrogens is 356 g/mol. The molecule has 28 heavy (non-hydrogen) atoms. The van der Waals surface area contributed by atoms with E-state index in [2.05, 4.69) is 20.5 Å². The predicted octanol–water partition coefficient (Wildman–Crippen LogP) is 1.38. The number of ether oxygens (including phenoxy) is 1. The molecule has 7 nitrogen and oxygen atoms in total. The highest BCUT2D eigenvalue weighted by Gasteiger charge is 2.13. The van der Waals surface area contributed by atoms with Gasteiger partial charge in [0.2, 0.25) is 0 Å². The second-order valence-electron chi connectivity index (χ2n) is 6.84. The van der Waals surface area contributed by atoms with E-state index in [0.717, 1.165) is 38.4 Å². The number of morpholine rings is 1. The molecule has 3 rings (SSSR count). The number of aromatic nitrogens is 1. The number of aryl methyl sites for hydroxylation is 1. The van der Waals surface area contributed by atoms with Gasteiger partial charge >= 0.3 is 0 Å². The summed E-state index contributed by atoms with van der Waals surface area (Å²) in [6, 6.07) is 9.54. The molecule has 0 saturated carbocycles. The van der Waals surface area contributed by atoms with Gasteiger partial charge in [-0.05, 0) is 18.6 Å². The highest BCUT2D eigenvalue weighted by atomic mass is 16.5. The molecule has 2 amide bonds. The van der Waals surface area contributed by atoms with E-state index in [1.54, 1.807) is 6.07 Å². The summed E-state index contributed by atoms with van der Waals surface area (Å²) in [7, 11) is 0. The van der Waals surface area contributed by atoms with Crippen molar-refractivity contribution in [2.75, 3.05) is 39.4 Å². The number of hydrogen-bond donors (Lipinski definition) is 2. The molecule has 0 aliphatic carbocycles. The number of amides is 2. The minimum absolute atomic E-state index is 0.228. The summed E-state index contributed by atoms with van der Waals surface area (Å²) in [4.78, 5) is 31.0. The smallest absolute Gasteiger partial charge is 0.253 e. The fraction of sp³-hybridized carbons (Fsp3) is 0.381. The number of carbonyl (C=O) groups is 2. The summed E-state index contributed by atoms with van der Waals surface area (Å²) in [5.74, 6) is -0.481. The average molecular weight is 382 g/mol. The van der Waals surface area contributed by atoms with E-state index in [1.165, 1.54) is 18.0 Å². The normalized spacial score (nSPS) is 14.5. The average Bonchev–Trinajstić information content (AvgIpc) is 2.74. The van der Waals surface area contributed by atoms with E-state index >= 15 is 0 Å². The molecular formula is C21H26N4O3. The Labute approximate surface area is 165 Å². The van der Waals surface area contributed by atoms with Crippen LogP contribution >= 0.6 is 0 Å². The van der Waals surface area contributed by atoms with Crippen LogP contribution in [-0.2, 0) is 11.3 Å². The molecule has 148 valence electrons. The van der Waals surface area contributed by atoms with Crippen LogP contribution in [0.2, 0.25) is 0 Å². The molecule has 1 aliphatic heterocycles. The lowest BCUT2D eigenvalue weighted by Crippen LogP contribution is -2.41. The minimum Gasteiger partial charge on any atom is -0.379 e. The molecule has 2 heterocycles. The largest absolute Gasteiger partial charge is 0.379 e. The van der Waals surface area contributed by atoms with Crippen LogP contribution in [0.25, 0.3) is 0 Å². The Kier molecular flexibility index (Phi) is 7.11. The third-order valence-electron chi connectivity index (χ3n) is 4.65. The topological polar surface area (TPSA) is 83.6 Å². The minimum atomic E-state index is -0.254. The maximum atomic E-state index is 12.4. The van der Waals surface area contributed by atoms with Crippen molar-refractivity contribution in [2.45, 2.75) is 13.5 Å². The predicted molar refractivity (Wildman–Crippen MR) is 106 cm³/mol. The van der Waals surface area contributed by atoms with E-state index in [1.807, 2.05) is 31.2 Å². The Morgan fingerprint density at radius 3 is 2.36 bits per heavy atom. The van der Waals surface area contributed by atoms with Gasteiger partial charge in [0.05, 0.1) is 24.3 Å². The van der Waals surface area contributed by atoms with Crippen molar-refractivity contribution in [1.29, 1.82) is 0 Å². The van der Waals surface area contributed by atoms with Crippen molar-refractivity contribution >= 4 is 11.8 Å². The van der Waals surface area contributed by atoms with Crippen LogP contribution in [0.5, 0.6) is 0 Å². The van der Waals surface area contributed by atoms with Crippen LogP contribution in [-0.4, -0.2) is 61.1 Å². The Morgan fingerprint density at radius 1 is 1.04 bits per heavy atom. The zero-order valence-electron chi connectivity index (χ0n) is 16.1. The van der Waals surface area contributed by atoms with Gasteiger partial charge in [0.15, 0.2) is 0 Å². The second kappa shape index (κ2) is 9.96. The lowest BCUT2D eigenvalue weighted by molar-refractivity contribution is 0.0383. The van der Waals surface area contributed by atoms with Gasteiger partial charge in [0.1, 0.15) is 0 Å². The Hall–Kier alpha value is -2.77. The molecule has 0 bridgehead atoms. The second-order valence-corrected chi connectivity index (χ2v) is 6.84. The van der Waals surface area contributed by atoms with Crippen LogP contribution in [0, 0.1) is 6.92 Å². The van der Waals surface area contributed by atoms with Crippen LogP contribution < -0.4 is 10.6 Å². The van der Waals surface area contributed by atoms with Gasteiger partial charge in [-0.25, -0.2) is 0 Å². The molecule has 0 atom stereocenters. The van der Waals surface area contributed by atoms with Crippen LogP contribution in [0.4, 0.5) is 0 Å². The molecule has 1 aromatic carbocycles. The summed E-state index contributed by atoms with van der Waals surface area (Å²) in [6.45, 7) is 7.00. The van der Waals surface area contributed by atoms with Gasteiger partial charge in [-0.2, -0.15) is 0 Å². The van der Waals surface area contributed by atoms with Crippen LogP contribution in [0.1, 0.15) is 31.8 Å². The standard InChI is InChI=1S/C21H26N4O3/c1-16-2-4-17(5-3-16)13-24-21(27)19-12-18(14-22-15-19)20(26)23-6-7-25-8-10-28-11-9-25/h2-5,12,14-15H,6-11,13H2,1H3,(H,23,26)(H,24,27). The number of benzene rings is 1. The number of rotatable bonds is 7. The summed E-state index contributed by atoms with van der Waals surface area (Å²) >= 11 is 0. The monoisotopic (exact) mass is 382 g/mol. The maximum Gasteiger partial charge on any atom is 0.253 e. The molecule has 0 radical (unpaired) electrons. The first-order chi connectivity index (χ1) is 13.6. The van der Waals surface area contributed by atoms with Crippen molar-refractivity contribution < 1.29 is 14.3 Å². The molecule has 1 aliphatic rings. The highest BCUT2D eigenvalue weighted by Crippen LogP contribution is 2.06. The first-order valence-corrected chi connectivity index (χ1v) is 9.49. The van der Waals surface area contributed by atoms with Crippen molar-refractivity contribution in [2.24, 2.45) is 0 Å². The maximum absolute atomic E-state index is 12.4. The lowest BCUT2D eigenvalue weighted by atomic mass is 10.1. The number of nitrogens with one attached hydrogen (secondary N) is 2. The van der Waals surface area contributed by atoms with E-state index in [0.29, 0.717) is 24.2 Å².